The number of hydrogen-bond acceptors (Lipinski definition) is 3. The summed E-state index contributed by atoms with van der Waals surface area (Å²) in [6.07, 6.45) is 2.11. The van der Waals surface area contributed by atoms with E-state index < -0.39 is 0 Å². The average molecular weight is 317 g/mol. The van der Waals surface area contributed by atoms with Gasteiger partial charge in [0.15, 0.2) is 0 Å². The highest BCUT2D eigenvalue weighted by Gasteiger charge is 2.05. The number of thioether (sulfide) groups is 1. The Hall–Kier alpha value is -0.680. The first-order valence-electron chi connectivity index (χ1n) is 5.58. The topological polar surface area (TPSA) is 55.1 Å². The molecule has 1 rings (SSSR count). The van der Waals surface area contributed by atoms with Gasteiger partial charge in [-0.3, -0.25) is 4.79 Å². The summed E-state index contributed by atoms with van der Waals surface area (Å²) < 4.78 is 0.951. The van der Waals surface area contributed by atoms with Gasteiger partial charge < -0.3 is 11.1 Å². The largest absolute Gasteiger partial charge is 0.398 e. The molecule has 0 heterocycles. The first-order chi connectivity index (χ1) is 8.13. The van der Waals surface area contributed by atoms with Crippen LogP contribution in [0.4, 0.5) is 5.69 Å². The molecule has 1 amide bonds. The summed E-state index contributed by atoms with van der Waals surface area (Å²) in [5.41, 5.74) is 6.55. The number of nitrogens with two attached hydrogens (primary N) is 1. The highest BCUT2D eigenvalue weighted by Crippen LogP contribution is 2.27. The summed E-state index contributed by atoms with van der Waals surface area (Å²) >= 11 is 4.81. The lowest BCUT2D eigenvalue weighted by Gasteiger charge is -2.06. The normalized spacial score (nSPS) is 10.2. The number of nitrogen functional groups attached to an aromatic ring is 1. The van der Waals surface area contributed by atoms with Crippen molar-refractivity contribution in [2.24, 2.45) is 0 Å². The molecule has 0 aliphatic carbocycles. The number of rotatable bonds is 6. The molecule has 1 aromatic rings. The number of nitrogens with one attached hydrogen (secondary N) is 1. The lowest BCUT2D eigenvalue weighted by atomic mass is 10.3. The Morgan fingerprint density at radius 3 is 2.94 bits per heavy atom. The summed E-state index contributed by atoms with van der Waals surface area (Å²) in [6, 6.07) is 5.69. The van der Waals surface area contributed by atoms with Gasteiger partial charge in [0.1, 0.15) is 0 Å². The molecule has 0 aliphatic rings. The molecule has 0 fully saturated rings. The van der Waals surface area contributed by atoms with Crippen LogP contribution < -0.4 is 11.1 Å². The molecule has 0 saturated carbocycles. The van der Waals surface area contributed by atoms with E-state index in [1.54, 1.807) is 0 Å². The molecule has 3 N–H and O–H groups in total. The van der Waals surface area contributed by atoms with E-state index in [-0.39, 0.29) is 5.91 Å². The summed E-state index contributed by atoms with van der Waals surface area (Å²) in [5.74, 6) is 0.473. The molecule has 3 nitrogen and oxygen atoms in total. The molecule has 0 unspecified atom stereocenters. The lowest BCUT2D eigenvalue weighted by Crippen LogP contribution is -2.26. The Balaban J connectivity index is 2.37. The van der Waals surface area contributed by atoms with Gasteiger partial charge in [-0.1, -0.05) is 29.3 Å². The van der Waals surface area contributed by atoms with Gasteiger partial charge in [0.2, 0.25) is 5.91 Å². The van der Waals surface area contributed by atoms with E-state index in [0.29, 0.717) is 11.4 Å². The maximum atomic E-state index is 11.5. The minimum atomic E-state index is 0.0609. The Morgan fingerprint density at radius 2 is 2.29 bits per heavy atom. The van der Waals surface area contributed by atoms with Crippen molar-refractivity contribution < 1.29 is 4.79 Å². The molecule has 0 radical (unpaired) electrons. The third kappa shape index (κ3) is 5.46. The highest BCUT2D eigenvalue weighted by molar-refractivity contribution is 9.10. The summed E-state index contributed by atoms with van der Waals surface area (Å²) in [4.78, 5) is 12.4. The molecule has 0 atom stereocenters. The molecule has 94 valence electrons. The predicted molar refractivity (Wildman–Crippen MR) is 77.2 cm³/mol. The van der Waals surface area contributed by atoms with Crippen LogP contribution in [-0.4, -0.2) is 18.2 Å². The quantitative estimate of drug-likeness (QED) is 0.482. The van der Waals surface area contributed by atoms with Gasteiger partial charge in [-0.25, -0.2) is 0 Å². The zero-order valence-electron chi connectivity index (χ0n) is 9.83. The fraction of sp³-hybridized carbons (Fsp3) is 0.417. The zero-order chi connectivity index (χ0) is 12.7. The summed E-state index contributed by atoms with van der Waals surface area (Å²) in [7, 11) is 0. The SMILES string of the molecule is CCCCNC(=O)CSc1ccc(Br)cc1N. The van der Waals surface area contributed by atoms with Crippen molar-refractivity contribution >= 4 is 39.3 Å². The molecule has 0 aromatic heterocycles. The minimum absolute atomic E-state index is 0.0609. The summed E-state index contributed by atoms with van der Waals surface area (Å²) in [6.45, 7) is 2.86. The third-order valence-electron chi connectivity index (χ3n) is 2.18. The summed E-state index contributed by atoms with van der Waals surface area (Å²) in [5, 5.41) is 2.87. The minimum Gasteiger partial charge on any atom is -0.398 e. The molecule has 0 saturated heterocycles. The predicted octanol–water partition coefficient (Wildman–Crippen LogP) is 3.04. The van der Waals surface area contributed by atoms with E-state index in [0.717, 1.165) is 28.8 Å². The van der Waals surface area contributed by atoms with Gasteiger partial charge in [0.25, 0.3) is 0 Å². The Labute approximate surface area is 115 Å². The van der Waals surface area contributed by atoms with Gasteiger partial charge in [-0.05, 0) is 24.6 Å². The Kier molecular flexibility index (Phi) is 6.44. The van der Waals surface area contributed by atoms with Crippen LogP contribution in [0, 0.1) is 0 Å². The van der Waals surface area contributed by atoms with Crippen LogP contribution in [0.3, 0.4) is 0 Å². The second-order valence-electron chi connectivity index (χ2n) is 3.67. The second-order valence-corrected chi connectivity index (χ2v) is 5.61. The van der Waals surface area contributed by atoms with Gasteiger partial charge in [-0.15, -0.1) is 11.8 Å². The van der Waals surface area contributed by atoms with Gasteiger partial charge in [0.05, 0.1) is 5.75 Å². The first kappa shape index (κ1) is 14.4. The lowest BCUT2D eigenvalue weighted by molar-refractivity contribution is -0.118. The number of unbranched alkanes of at least 4 members (excludes halogenated alkanes) is 1. The third-order valence-corrected chi connectivity index (χ3v) is 3.77. The molecule has 17 heavy (non-hydrogen) atoms. The Morgan fingerprint density at radius 1 is 1.53 bits per heavy atom. The molecule has 0 aliphatic heterocycles. The van der Waals surface area contributed by atoms with Crippen molar-refractivity contribution in [3.8, 4) is 0 Å². The van der Waals surface area contributed by atoms with Gasteiger partial charge >= 0.3 is 0 Å². The van der Waals surface area contributed by atoms with E-state index in [4.69, 9.17) is 5.73 Å². The molecular formula is C12H17BrN2OS. The molecular weight excluding hydrogens is 300 g/mol. The maximum absolute atomic E-state index is 11.5. The zero-order valence-corrected chi connectivity index (χ0v) is 12.2. The molecule has 0 spiro atoms. The van der Waals surface area contributed by atoms with Crippen LogP contribution in [0.2, 0.25) is 0 Å². The number of halogens is 1. The van der Waals surface area contributed by atoms with Crippen LogP contribution in [0.5, 0.6) is 0 Å². The van der Waals surface area contributed by atoms with E-state index in [1.807, 2.05) is 18.2 Å². The average Bonchev–Trinajstić information content (AvgIpc) is 2.28. The van der Waals surface area contributed by atoms with Crippen molar-refractivity contribution in [1.29, 1.82) is 0 Å². The number of benzene rings is 1. The van der Waals surface area contributed by atoms with Gasteiger partial charge in [0, 0.05) is 21.6 Å². The van der Waals surface area contributed by atoms with Crippen LogP contribution >= 0.6 is 27.7 Å². The van der Waals surface area contributed by atoms with E-state index in [1.165, 1.54) is 11.8 Å². The van der Waals surface area contributed by atoms with E-state index in [9.17, 15) is 4.79 Å². The van der Waals surface area contributed by atoms with Crippen LogP contribution in [0.25, 0.3) is 0 Å². The van der Waals surface area contributed by atoms with E-state index >= 15 is 0 Å². The number of carbonyl (C=O) groups is 1. The standard InChI is InChI=1S/C12H17BrN2OS/c1-2-3-6-15-12(16)8-17-11-5-4-9(13)7-10(11)14/h4-5,7H,2-3,6,8,14H2,1H3,(H,15,16). The fourth-order valence-corrected chi connectivity index (χ4v) is 2.41. The molecule has 1 aromatic carbocycles. The smallest absolute Gasteiger partial charge is 0.230 e. The van der Waals surface area contributed by atoms with Crippen LogP contribution in [0.15, 0.2) is 27.6 Å². The number of anilines is 1. The molecule has 0 bridgehead atoms. The number of carbonyl (C=O) groups excluding carboxylic acids is 1. The van der Waals surface area contributed by atoms with Crippen LogP contribution in [-0.2, 0) is 4.79 Å². The Bertz CT molecular complexity index is 385. The van der Waals surface area contributed by atoms with Crippen molar-refractivity contribution in [3.63, 3.8) is 0 Å². The van der Waals surface area contributed by atoms with Crippen molar-refractivity contribution in [2.45, 2.75) is 24.7 Å². The van der Waals surface area contributed by atoms with Crippen molar-refractivity contribution in [3.05, 3.63) is 22.7 Å². The van der Waals surface area contributed by atoms with Crippen molar-refractivity contribution in [2.75, 3.05) is 18.0 Å². The number of amides is 1. The van der Waals surface area contributed by atoms with Crippen LogP contribution in [0.1, 0.15) is 19.8 Å². The van der Waals surface area contributed by atoms with Gasteiger partial charge in [-0.2, -0.15) is 0 Å². The second kappa shape index (κ2) is 7.61. The number of hydrogen-bond donors (Lipinski definition) is 2. The molecule has 5 heteroatoms. The monoisotopic (exact) mass is 316 g/mol. The van der Waals surface area contributed by atoms with E-state index in [2.05, 4.69) is 28.2 Å². The fourth-order valence-electron chi connectivity index (χ4n) is 1.25. The van der Waals surface area contributed by atoms with Crippen molar-refractivity contribution in [1.82, 2.24) is 5.32 Å². The first-order valence-corrected chi connectivity index (χ1v) is 7.36. The maximum Gasteiger partial charge on any atom is 0.230 e. The highest BCUT2D eigenvalue weighted by atomic mass is 79.9.